The molecular weight excluding hydrogens is 182 g/mol. The lowest BCUT2D eigenvalue weighted by atomic mass is 10.5. The summed E-state index contributed by atoms with van der Waals surface area (Å²) in [5.41, 5.74) is 0. The van der Waals surface area contributed by atoms with E-state index in [1.165, 1.54) is 0 Å². The Kier molecular flexibility index (Phi) is 5.91. The predicted octanol–water partition coefficient (Wildman–Crippen LogP) is -1.74. The fourth-order valence-corrected chi connectivity index (χ4v) is 0.580. The Hall–Kier alpha value is -0.430. The smallest absolute Gasteiger partial charge is 0.116 e. The second-order valence-electron chi connectivity index (χ2n) is 2.14. The van der Waals surface area contributed by atoms with Gasteiger partial charge < -0.3 is 14.6 Å². The Bertz CT molecular complexity index is 184. The highest BCUT2D eigenvalue weighted by Crippen LogP contribution is 1.75. The van der Waals surface area contributed by atoms with E-state index in [9.17, 15) is 13.0 Å². The minimum absolute atomic E-state index is 0.354. The Labute approximate surface area is 72.2 Å². The molecule has 0 aliphatic carbocycles. The van der Waals surface area contributed by atoms with Crippen LogP contribution in [0.15, 0.2) is 12.0 Å². The second kappa shape index (κ2) is 6.13. The Balaban J connectivity index is 0.000000202. The molecule has 1 rings (SSSR count). The summed E-state index contributed by atoms with van der Waals surface area (Å²) in [6, 6.07) is 0. The van der Waals surface area contributed by atoms with Gasteiger partial charge in [0.15, 0.2) is 0 Å². The molecular formula is C6H13NO4S. The molecule has 0 bridgehead atoms. The molecule has 72 valence electrons. The Morgan fingerprint density at radius 1 is 1.42 bits per heavy atom. The molecule has 1 aliphatic rings. The molecule has 6 heteroatoms. The maximum atomic E-state index is 9.33. The van der Waals surface area contributed by atoms with Gasteiger partial charge in [-0.25, -0.2) is 8.42 Å². The molecule has 1 saturated heterocycles. The van der Waals surface area contributed by atoms with Crippen LogP contribution < -0.4 is 5.32 Å². The monoisotopic (exact) mass is 195 g/mol. The SMILES string of the molecule is C1COCC[NH2+]1.C=CS(=O)(=O)[O-]. The molecule has 0 spiro atoms. The molecule has 0 aromatic heterocycles. The van der Waals surface area contributed by atoms with Crippen LogP contribution in [-0.4, -0.2) is 39.3 Å². The standard InChI is InChI=1S/C4H9NO.C2H4O3S/c1-3-6-4-2-5-1;1-2-6(3,4)5/h5H,1-4H2;2H,1H2,(H,3,4,5). The van der Waals surface area contributed by atoms with Crippen molar-refractivity contribution in [3.63, 3.8) is 0 Å². The summed E-state index contributed by atoms with van der Waals surface area (Å²) in [6.07, 6.45) is 0. The van der Waals surface area contributed by atoms with Crippen molar-refractivity contribution in [2.75, 3.05) is 26.3 Å². The zero-order chi connectivity index (χ0) is 9.45. The molecule has 2 N–H and O–H groups in total. The van der Waals surface area contributed by atoms with Crippen molar-refractivity contribution in [3.05, 3.63) is 12.0 Å². The van der Waals surface area contributed by atoms with Crippen molar-refractivity contribution in [1.82, 2.24) is 0 Å². The summed E-state index contributed by atoms with van der Waals surface area (Å²) in [5.74, 6) is 0. The maximum Gasteiger partial charge on any atom is 0.116 e. The van der Waals surface area contributed by atoms with Crippen LogP contribution >= 0.6 is 0 Å². The molecule has 12 heavy (non-hydrogen) atoms. The third kappa shape index (κ3) is 9.57. The van der Waals surface area contributed by atoms with Gasteiger partial charge in [0.05, 0.1) is 26.3 Å². The largest absolute Gasteiger partial charge is 0.745 e. The summed E-state index contributed by atoms with van der Waals surface area (Å²) in [7, 11) is -4.15. The van der Waals surface area contributed by atoms with Crippen LogP contribution in [-0.2, 0) is 14.9 Å². The molecule has 0 unspecified atom stereocenters. The molecule has 5 nitrogen and oxygen atoms in total. The van der Waals surface area contributed by atoms with E-state index >= 15 is 0 Å². The average Bonchev–Trinajstić information content (AvgIpc) is 2.07. The molecule has 0 saturated carbocycles. The van der Waals surface area contributed by atoms with Crippen LogP contribution in [0.3, 0.4) is 0 Å². The van der Waals surface area contributed by atoms with Gasteiger partial charge in [0.1, 0.15) is 10.1 Å². The molecule has 1 fully saturated rings. The minimum atomic E-state index is -4.15. The average molecular weight is 195 g/mol. The van der Waals surface area contributed by atoms with Gasteiger partial charge in [-0.05, 0) is 0 Å². The van der Waals surface area contributed by atoms with Crippen molar-refractivity contribution in [3.8, 4) is 0 Å². The lowest BCUT2D eigenvalue weighted by Gasteiger charge is -2.07. The molecule has 0 amide bonds. The quantitative estimate of drug-likeness (QED) is 0.503. The van der Waals surface area contributed by atoms with Crippen LogP contribution in [0.1, 0.15) is 0 Å². The van der Waals surface area contributed by atoms with Gasteiger partial charge in [-0.3, -0.25) is 0 Å². The number of rotatable bonds is 1. The fraction of sp³-hybridized carbons (Fsp3) is 0.667. The van der Waals surface area contributed by atoms with E-state index in [1.54, 1.807) is 0 Å². The first-order valence-corrected chi connectivity index (χ1v) is 5.01. The first-order chi connectivity index (χ1) is 5.56. The van der Waals surface area contributed by atoms with Gasteiger partial charge >= 0.3 is 0 Å². The maximum absolute atomic E-state index is 9.33. The molecule has 1 heterocycles. The van der Waals surface area contributed by atoms with E-state index in [1.807, 2.05) is 0 Å². The summed E-state index contributed by atoms with van der Waals surface area (Å²) in [4.78, 5) is 0. The van der Waals surface area contributed by atoms with E-state index in [0.29, 0.717) is 5.41 Å². The lowest BCUT2D eigenvalue weighted by Crippen LogP contribution is -2.87. The number of morpholine rings is 1. The number of ether oxygens (including phenoxy) is 1. The normalized spacial score (nSPS) is 17.4. The summed E-state index contributed by atoms with van der Waals surface area (Å²) in [6.45, 7) is 6.93. The predicted molar refractivity (Wildman–Crippen MR) is 42.4 cm³/mol. The zero-order valence-corrected chi connectivity index (χ0v) is 7.55. The van der Waals surface area contributed by atoms with Crippen LogP contribution in [0.25, 0.3) is 0 Å². The molecule has 0 aromatic carbocycles. The topological polar surface area (TPSA) is 83.0 Å². The van der Waals surface area contributed by atoms with Gasteiger partial charge in [0.2, 0.25) is 0 Å². The van der Waals surface area contributed by atoms with E-state index in [2.05, 4.69) is 11.9 Å². The van der Waals surface area contributed by atoms with Crippen molar-refractivity contribution < 1.29 is 23.0 Å². The van der Waals surface area contributed by atoms with E-state index in [0.717, 1.165) is 26.3 Å². The van der Waals surface area contributed by atoms with Gasteiger partial charge in [-0.2, -0.15) is 0 Å². The number of nitrogens with two attached hydrogens (primary N) is 1. The van der Waals surface area contributed by atoms with Crippen LogP contribution in [0.5, 0.6) is 0 Å². The van der Waals surface area contributed by atoms with E-state index in [-0.39, 0.29) is 0 Å². The molecule has 0 aromatic rings. The van der Waals surface area contributed by atoms with Crippen LogP contribution in [0.2, 0.25) is 0 Å². The fourth-order valence-electron chi connectivity index (χ4n) is 0.580. The first kappa shape index (κ1) is 11.6. The summed E-state index contributed by atoms with van der Waals surface area (Å²) < 4.78 is 33.0. The van der Waals surface area contributed by atoms with Crippen molar-refractivity contribution in [2.24, 2.45) is 0 Å². The Morgan fingerprint density at radius 2 is 1.83 bits per heavy atom. The summed E-state index contributed by atoms with van der Waals surface area (Å²) in [5, 5.41) is 2.62. The Morgan fingerprint density at radius 3 is 1.92 bits per heavy atom. The molecule has 1 aliphatic heterocycles. The zero-order valence-electron chi connectivity index (χ0n) is 6.73. The van der Waals surface area contributed by atoms with Gasteiger partial charge in [-0.15, -0.1) is 0 Å². The number of quaternary nitrogens is 1. The van der Waals surface area contributed by atoms with E-state index in [4.69, 9.17) is 4.74 Å². The highest BCUT2D eigenvalue weighted by molar-refractivity contribution is 7.88. The lowest BCUT2D eigenvalue weighted by molar-refractivity contribution is -0.670. The minimum Gasteiger partial charge on any atom is -0.745 e. The summed E-state index contributed by atoms with van der Waals surface area (Å²) >= 11 is 0. The van der Waals surface area contributed by atoms with Crippen LogP contribution in [0.4, 0.5) is 0 Å². The molecule has 0 atom stereocenters. The van der Waals surface area contributed by atoms with Gasteiger partial charge in [0.25, 0.3) is 0 Å². The van der Waals surface area contributed by atoms with Gasteiger partial charge in [-0.1, -0.05) is 6.58 Å². The third-order valence-corrected chi connectivity index (χ3v) is 1.54. The highest BCUT2D eigenvalue weighted by atomic mass is 32.2. The van der Waals surface area contributed by atoms with Crippen molar-refractivity contribution >= 4 is 10.1 Å². The first-order valence-electron chi connectivity index (χ1n) is 3.54. The third-order valence-electron chi connectivity index (χ3n) is 1.14. The highest BCUT2D eigenvalue weighted by Gasteiger charge is 1.96. The number of hydrogen-bond acceptors (Lipinski definition) is 4. The van der Waals surface area contributed by atoms with Crippen LogP contribution in [0, 0.1) is 0 Å². The van der Waals surface area contributed by atoms with E-state index < -0.39 is 10.1 Å². The second-order valence-corrected chi connectivity index (χ2v) is 3.46. The van der Waals surface area contributed by atoms with Gasteiger partial charge in [0, 0.05) is 5.41 Å². The molecule has 0 radical (unpaired) electrons. The number of hydrogen-bond donors (Lipinski definition) is 1. The van der Waals surface area contributed by atoms with Crippen molar-refractivity contribution in [2.45, 2.75) is 0 Å². The van der Waals surface area contributed by atoms with Crippen molar-refractivity contribution in [1.29, 1.82) is 0 Å².